The third-order valence-electron chi connectivity index (χ3n) is 3.32. The number of hydrogen-bond donors (Lipinski definition) is 1. The average Bonchev–Trinajstić information content (AvgIpc) is 3.09. The minimum absolute atomic E-state index is 0.103. The zero-order chi connectivity index (χ0) is 12.5. The molecule has 0 saturated carbocycles. The van der Waals surface area contributed by atoms with Crippen LogP contribution in [0.4, 0.5) is 0 Å². The molecule has 0 radical (unpaired) electrons. The van der Waals surface area contributed by atoms with Gasteiger partial charge in [-0.1, -0.05) is 0 Å². The van der Waals surface area contributed by atoms with E-state index in [1.807, 2.05) is 34.8 Å². The molecule has 0 spiro atoms. The first-order valence-corrected chi connectivity index (χ1v) is 7.04. The summed E-state index contributed by atoms with van der Waals surface area (Å²) in [5, 5.41) is 3.85. The predicted octanol–water partition coefficient (Wildman–Crippen LogP) is 2.76. The van der Waals surface area contributed by atoms with Gasteiger partial charge in [-0.3, -0.25) is 4.79 Å². The van der Waals surface area contributed by atoms with Crippen LogP contribution < -0.4 is 0 Å². The zero-order valence-electron chi connectivity index (χ0n) is 10.2. The van der Waals surface area contributed by atoms with E-state index < -0.39 is 0 Å². The number of H-pyrrole nitrogens is 1. The zero-order valence-corrected chi connectivity index (χ0v) is 11.0. The molecule has 1 aliphatic heterocycles. The molecular formula is C13H15N3OS. The normalized spacial score (nSPS) is 19.4. The van der Waals surface area contributed by atoms with E-state index >= 15 is 0 Å². The minimum atomic E-state index is 0.103. The number of rotatable bonds is 2. The molecule has 94 valence electrons. The number of hydrogen-bond acceptors (Lipinski definition) is 3. The van der Waals surface area contributed by atoms with Gasteiger partial charge in [0, 0.05) is 23.8 Å². The van der Waals surface area contributed by atoms with Crippen molar-refractivity contribution in [3.05, 3.63) is 40.1 Å². The van der Waals surface area contributed by atoms with Gasteiger partial charge in [0.1, 0.15) is 5.82 Å². The summed E-state index contributed by atoms with van der Waals surface area (Å²) in [6, 6.07) is 1.99. The fourth-order valence-electron chi connectivity index (χ4n) is 2.45. The Labute approximate surface area is 110 Å². The number of nitrogens with one attached hydrogen (secondary N) is 1. The van der Waals surface area contributed by atoms with Crippen molar-refractivity contribution in [3.8, 4) is 0 Å². The number of carbonyl (C=O) groups excluding carboxylic acids is 1. The van der Waals surface area contributed by atoms with Crippen molar-refractivity contribution in [2.45, 2.75) is 25.8 Å². The van der Waals surface area contributed by atoms with Crippen LogP contribution in [0.2, 0.25) is 0 Å². The van der Waals surface area contributed by atoms with E-state index in [0.29, 0.717) is 0 Å². The highest BCUT2D eigenvalue weighted by atomic mass is 32.1. The van der Waals surface area contributed by atoms with Crippen molar-refractivity contribution in [2.24, 2.45) is 0 Å². The lowest BCUT2D eigenvalue weighted by Crippen LogP contribution is -2.30. The van der Waals surface area contributed by atoms with Gasteiger partial charge in [-0.15, -0.1) is 0 Å². The quantitative estimate of drug-likeness (QED) is 0.903. The van der Waals surface area contributed by atoms with Crippen molar-refractivity contribution in [1.82, 2.24) is 14.9 Å². The number of nitrogens with zero attached hydrogens (tertiary/aromatic N) is 2. The third kappa shape index (κ3) is 1.95. The maximum Gasteiger partial charge on any atom is 0.255 e. The summed E-state index contributed by atoms with van der Waals surface area (Å²) in [7, 11) is 0. The summed E-state index contributed by atoms with van der Waals surface area (Å²) in [5.41, 5.74) is 1.83. The van der Waals surface area contributed by atoms with Crippen LogP contribution in [0.3, 0.4) is 0 Å². The molecule has 2 aromatic rings. The van der Waals surface area contributed by atoms with Crippen molar-refractivity contribution in [3.63, 3.8) is 0 Å². The molecule has 1 N–H and O–H groups in total. The predicted molar refractivity (Wildman–Crippen MR) is 70.7 cm³/mol. The van der Waals surface area contributed by atoms with Crippen molar-refractivity contribution < 1.29 is 4.79 Å². The van der Waals surface area contributed by atoms with Crippen molar-refractivity contribution in [2.75, 3.05) is 6.54 Å². The Hall–Kier alpha value is -1.62. The van der Waals surface area contributed by atoms with E-state index in [-0.39, 0.29) is 11.9 Å². The van der Waals surface area contributed by atoms with Crippen molar-refractivity contribution in [1.29, 1.82) is 0 Å². The number of thiophene rings is 1. The molecule has 1 amide bonds. The Bertz CT molecular complexity index is 546. The standard InChI is InChI=1S/C13H15N3OS/c1-9-7-14-12(15-9)11-3-2-5-16(11)13(17)10-4-6-18-8-10/h4,6-8,11H,2-3,5H2,1H3,(H,14,15)/t11-/m0/s1. The minimum Gasteiger partial charge on any atom is -0.344 e. The first kappa shape index (κ1) is 11.5. The summed E-state index contributed by atoms with van der Waals surface area (Å²) >= 11 is 1.56. The first-order chi connectivity index (χ1) is 8.75. The molecule has 5 heteroatoms. The van der Waals surface area contributed by atoms with Crippen LogP contribution in [-0.2, 0) is 0 Å². The Kier molecular flexibility index (Phi) is 2.91. The second kappa shape index (κ2) is 4.57. The van der Waals surface area contributed by atoms with Gasteiger partial charge in [-0.05, 0) is 31.2 Å². The molecule has 18 heavy (non-hydrogen) atoms. The highest BCUT2D eigenvalue weighted by molar-refractivity contribution is 7.08. The van der Waals surface area contributed by atoms with Gasteiger partial charge in [-0.25, -0.2) is 4.98 Å². The molecule has 1 atom stereocenters. The SMILES string of the molecule is Cc1cnc([C@@H]2CCCN2C(=O)c2ccsc2)[nH]1. The molecule has 1 saturated heterocycles. The maximum atomic E-state index is 12.4. The number of amides is 1. The summed E-state index contributed by atoms with van der Waals surface area (Å²) < 4.78 is 0. The van der Waals surface area contributed by atoms with Gasteiger partial charge in [0.2, 0.25) is 0 Å². The van der Waals surface area contributed by atoms with E-state index in [0.717, 1.165) is 36.5 Å². The Balaban J connectivity index is 1.85. The fourth-order valence-corrected chi connectivity index (χ4v) is 3.08. The lowest BCUT2D eigenvalue weighted by atomic mass is 10.2. The van der Waals surface area contributed by atoms with Crippen LogP contribution in [0.15, 0.2) is 23.0 Å². The number of aromatic amines is 1. The van der Waals surface area contributed by atoms with Gasteiger partial charge < -0.3 is 9.88 Å². The molecule has 3 heterocycles. The topological polar surface area (TPSA) is 49.0 Å². The molecule has 0 bridgehead atoms. The molecule has 2 aromatic heterocycles. The van der Waals surface area contributed by atoms with Gasteiger partial charge in [0.25, 0.3) is 5.91 Å². The van der Waals surface area contributed by atoms with Gasteiger partial charge in [0.15, 0.2) is 0 Å². The first-order valence-electron chi connectivity index (χ1n) is 6.10. The molecule has 0 aliphatic carbocycles. The monoisotopic (exact) mass is 261 g/mol. The molecule has 3 rings (SSSR count). The highest BCUT2D eigenvalue weighted by Gasteiger charge is 2.32. The lowest BCUT2D eigenvalue weighted by Gasteiger charge is -2.22. The van der Waals surface area contributed by atoms with E-state index in [1.165, 1.54) is 0 Å². The molecular weight excluding hydrogens is 246 g/mol. The summed E-state index contributed by atoms with van der Waals surface area (Å²) in [6.45, 7) is 2.80. The smallest absolute Gasteiger partial charge is 0.255 e. The van der Waals surface area contributed by atoms with E-state index in [4.69, 9.17) is 0 Å². The largest absolute Gasteiger partial charge is 0.344 e. The number of imidazole rings is 1. The lowest BCUT2D eigenvalue weighted by molar-refractivity contribution is 0.0731. The number of carbonyl (C=O) groups is 1. The fraction of sp³-hybridized carbons (Fsp3) is 0.385. The van der Waals surface area contributed by atoms with Crippen LogP contribution in [0, 0.1) is 6.92 Å². The molecule has 1 aliphatic rings. The third-order valence-corrected chi connectivity index (χ3v) is 4.00. The van der Waals surface area contributed by atoms with Crippen LogP contribution in [-0.4, -0.2) is 27.3 Å². The van der Waals surface area contributed by atoms with Crippen LogP contribution in [0.1, 0.15) is 40.8 Å². The number of aromatic nitrogens is 2. The van der Waals surface area contributed by atoms with E-state index in [2.05, 4.69) is 9.97 Å². The Morgan fingerprint density at radius 2 is 2.50 bits per heavy atom. The highest BCUT2D eigenvalue weighted by Crippen LogP contribution is 2.31. The summed E-state index contributed by atoms with van der Waals surface area (Å²) in [4.78, 5) is 21.9. The van der Waals surface area contributed by atoms with Crippen LogP contribution in [0.25, 0.3) is 0 Å². The second-order valence-corrected chi connectivity index (χ2v) is 5.40. The molecule has 0 aromatic carbocycles. The van der Waals surface area contributed by atoms with Crippen molar-refractivity contribution >= 4 is 17.2 Å². The van der Waals surface area contributed by atoms with Crippen LogP contribution >= 0.6 is 11.3 Å². The van der Waals surface area contributed by atoms with Gasteiger partial charge >= 0.3 is 0 Å². The summed E-state index contributed by atoms with van der Waals surface area (Å²) in [5.74, 6) is 1.03. The Morgan fingerprint density at radius 3 is 3.17 bits per heavy atom. The molecule has 4 nitrogen and oxygen atoms in total. The summed E-state index contributed by atoms with van der Waals surface area (Å²) in [6.07, 6.45) is 3.85. The number of aryl methyl sites for hydroxylation is 1. The van der Waals surface area contributed by atoms with Gasteiger partial charge in [0.05, 0.1) is 11.6 Å². The average molecular weight is 261 g/mol. The molecule has 1 fully saturated rings. The second-order valence-electron chi connectivity index (χ2n) is 4.62. The van der Waals surface area contributed by atoms with E-state index in [9.17, 15) is 4.79 Å². The molecule has 0 unspecified atom stereocenters. The Morgan fingerprint density at radius 1 is 1.61 bits per heavy atom. The maximum absolute atomic E-state index is 12.4. The van der Waals surface area contributed by atoms with E-state index in [1.54, 1.807) is 11.3 Å². The van der Waals surface area contributed by atoms with Crippen LogP contribution in [0.5, 0.6) is 0 Å². The number of likely N-dealkylation sites (tertiary alicyclic amines) is 1. The van der Waals surface area contributed by atoms with Gasteiger partial charge in [-0.2, -0.15) is 11.3 Å².